The first-order chi connectivity index (χ1) is 16.5. The second kappa shape index (κ2) is 10.9. The number of hydrogen-bond donors (Lipinski definition) is 2. The number of aliphatic carboxylic acids is 1. The third-order valence-electron chi connectivity index (χ3n) is 6.26. The SMILES string of the molecule is COc1cc(/C=C2\SC(Nc3ccccc3)N([C@H]3CCCC[C@H]3C)C2=O)ccc1OCC(=O)O. The highest BCUT2D eigenvalue weighted by Gasteiger charge is 2.42. The highest BCUT2D eigenvalue weighted by Crippen LogP contribution is 2.42. The Morgan fingerprint density at radius 2 is 1.94 bits per heavy atom. The number of methoxy groups -OCH3 is 1. The van der Waals surface area contributed by atoms with E-state index in [1.165, 1.54) is 25.3 Å². The third kappa shape index (κ3) is 5.50. The summed E-state index contributed by atoms with van der Waals surface area (Å²) in [5, 5.41) is 12.4. The lowest BCUT2D eigenvalue weighted by molar-refractivity contribution is -0.139. The van der Waals surface area contributed by atoms with E-state index < -0.39 is 12.6 Å². The van der Waals surface area contributed by atoms with Gasteiger partial charge < -0.3 is 24.8 Å². The number of thioether (sulfide) groups is 1. The Morgan fingerprint density at radius 1 is 1.18 bits per heavy atom. The van der Waals surface area contributed by atoms with Gasteiger partial charge in [0, 0.05) is 11.7 Å². The zero-order valence-corrected chi connectivity index (χ0v) is 20.2. The summed E-state index contributed by atoms with van der Waals surface area (Å²) >= 11 is 1.52. The van der Waals surface area contributed by atoms with E-state index in [9.17, 15) is 9.59 Å². The molecule has 3 atom stereocenters. The predicted octanol–water partition coefficient (Wildman–Crippen LogP) is 5.05. The van der Waals surface area contributed by atoms with E-state index in [0.717, 1.165) is 30.5 Å². The van der Waals surface area contributed by atoms with Gasteiger partial charge in [0.1, 0.15) is 0 Å². The van der Waals surface area contributed by atoms with E-state index in [1.54, 1.807) is 18.2 Å². The lowest BCUT2D eigenvalue weighted by Gasteiger charge is -2.39. The number of carboxylic acids is 1. The highest BCUT2D eigenvalue weighted by molar-refractivity contribution is 8.05. The van der Waals surface area contributed by atoms with Crippen molar-refractivity contribution < 1.29 is 24.2 Å². The summed E-state index contributed by atoms with van der Waals surface area (Å²) in [4.78, 5) is 27.1. The quantitative estimate of drug-likeness (QED) is 0.509. The summed E-state index contributed by atoms with van der Waals surface area (Å²) in [5.41, 5.74) is 1.57. The number of anilines is 1. The molecule has 0 spiro atoms. The van der Waals surface area contributed by atoms with Crippen molar-refractivity contribution in [1.82, 2.24) is 4.90 Å². The lowest BCUT2D eigenvalue weighted by atomic mass is 9.85. The Hall–Kier alpha value is -3.13. The van der Waals surface area contributed by atoms with Gasteiger partial charge >= 0.3 is 5.97 Å². The maximum atomic E-state index is 13.6. The molecule has 2 aliphatic rings. The van der Waals surface area contributed by atoms with Gasteiger partial charge in [-0.15, -0.1) is 0 Å². The smallest absolute Gasteiger partial charge is 0.341 e. The first kappa shape index (κ1) is 24.0. The molecule has 1 aliphatic carbocycles. The van der Waals surface area contributed by atoms with Crippen LogP contribution in [0.2, 0.25) is 0 Å². The molecule has 8 heteroatoms. The van der Waals surface area contributed by atoms with E-state index in [2.05, 4.69) is 12.2 Å². The van der Waals surface area contributed by atoms with Crippen LogP contribution < -0.4 is 14.8 Å². The second-order valence-electron chi connectivity index (χ2n) is 8.62. The first-order valence-electron chi connectivity index (χ1n) is 11.5. The van der Waals surface area contributed by atoms with E-state index in [-0.39, 0.29) is 17.4 Å². The maximum absolute atomic E-state index is 13.6. The number of carbonyl (C=O) groups is 2. The van der Waals surface area contributed by atoms with Crippen molar-refractivity contribution in [3.8, 4) is 11.5 Å². The van der Waals surface area contributed by atoms with E-state index >= 15 is 0 Å². The molecule has 180 valence electrons. The van der Waals surface area contributed by atoms with Crippen LogP contribution in [0.15, 0.2) is 53.4 Å². The van der Waals surface area contributed by atoms with E-state index in [0.29, 0.717) is 22.3 Å². The number of ether oxygens (including phenoxy) is 2. The monoisotopic (exact) mass is 482 g/mol. The van der Waals surface area contributed by atoms with Gasteiger partial charge in [0.05, 0.1) is 12.0 Å². The fraction of sp³-hybridized carbons (Fsp3) is 0.385. The fourth-order valence-corrected chi connectivity index (χ4v) is 5.76. The number of hydrogen-bond acceptors (Lipinski definition) is 6. The molecule has 1 heterocycles. The minimum absolute atomic E-state index is 0.0300. The van der Waals surface area contributed by atoms with Crippen molar-refractivity contribution in [1.29, 1.82) is 0 Å². The van der Waals surface area contributed by atoms with Crippen LogP contribution in [0, 0.1) is 5.92 Å². The Kier molecular flexibility index (Phi) is 7.67. The molecule has 1 saturated heterocycles. The summed E-state index contributed by atoms with van der Waals surface area (Å²) in [6.45, 7) is 1.79. The van der Waals surface area contributed by atoms with Crippen molar-refractivity contribution in [3.05, 3.63) is 59.0 Å². The summed E-state index contributed by atoms with van der Waals surface area (Å²) in [5.74, 6) is 0.183. The average molecular weight is 483 g/mol. The number of carbonyl (C=O) groups excluding carboxylic acids is 1. The molecule has 4 rings (SSSR count). The first-order valence-corrected chi connectivity index (χ1v) is 12.4. The summed E-state index contributed by atoms with van der Waals surface area (Å²) in [6.07, 6.45) is 6.35. The molecule has 0 bridgehead atoms. The third-order valence-corrected chi connectivity index (χ3v) is 7.38. The molecule has 2 fully saturated rings. The predicted molar refractivity (Wildman–Crippen MR) is 134 cm³/mol. The van der Waals surface area contributed by atoms with Gasteiger partial charge in [-0.1, -0.05) is 55.8 Å². The van der Waals surface area contributed by atoms with Crippen LogP contribution in [-0.4, -0.2) is 47.1 Å². The number of nitrogens with one attached hydrogen (secondary N) is 1. The Bertz CT molecular complexity index is 1060. The molecule has 1 amide bonds. The second-order valence-corrected chi connectivity index (χ2v) is 9.75. The van der Waals surface area contributed by atoms with Crippen LogP contribution in [0.1, 0.15) is 38.2 Å². The molecule has 2 aromatic carbocycles. The Balaban J connectivity index is 1.61. The minimum Gasteiger partial charge on any atom is -0.493 e. The van der Waals surface area contributed by atoms with Crippen molar-refractivity contribution in [2.45, 2.75) is 44.1 Å². The Labute approximate surface area is 204 Å². The molecule has 7 nitrogen and oxygen atoms in total. The van der Waals surface area contributed by atoms with Gasteiger partial charge in [0.25, 0.3) is 5.91 Å². The number of benzene rings is 2. The number of carboxylic acid groups (broad SMARTS) is 1. The van der Waals surface area contributed by atoms with Crippen molar-refractivity contribution >= 4 is 35.4 Å². The zero-order valence-electron chi connectivity index (χ0n) is 19.4. The van der Waals surface area contributed by atoms with Gasteiger partial charge in [-0.3, -0.25) is 4.79 Å². The zero-order chi connectivity index (χ0) is 24.1. The molecular weight excluding hydrogens is 452 g/mol. The molecule has 0 radical (unpaired) electrons. The maximum Gasteiger partial charge on any atom is 0.341 e. The van der Waals surface area contributed by atoms with Crippen molar-refractivity contribution in [2.24, 2.45) is 5.92 Å². The topological polar surface area (TPSA) is 88.1 Å². The number of para-hydroxylation sites is 1. The summed E-state index contributed by atoms with van der Waals surface area (Å²) in [6, 6.07) is 15.4. The average Bonchev–Trinajstić information content (AvgIpc) is 3.13. The van der Waals surface area contributed by atoms with Crippen molar-refractivity contribution in [2.75, 3.05) is 19.0 Å². The largest absolute Gasteiger partial charge is 0.493 e. The molecule has 0 aromatic heterocycles. The van der Waals surface area contributed by atoms with Gasteiger partial charge in [-0.05, 0) is 54.7 Å². The number of amides is 1. The van der Waals surface area contributed by atoms with E-state index in [1.807, 2.05) is 41.3 Å². The standard InChI is InChI=1S/C26H30N2O5S/c1-17-8-6-7-11-20(17)28-25(31)23(34-26(28)27-19-9-4-3-5-10-19)15-18-12-13-21(22(14-18)32-2)33-16-24(29)30/h3-5,9-10,12-15,17,20,26-27H,6-8,11,16H2,1-2H3,(H,29,30)/b23-15-/t17-,20+,26?/m1/s1. The normalized spacial score (nSPS) is 23.7. The Morgan fingerprint density at radius 3 is 2.65 bits per heavy atom. The fourth-order valence-electron chi connectivity index (χ4n) is 4.55. The van der Waals surface area contributed by atoms with E-state index in [4.69, 9.17) is 14.6 Å². The molecule has 1 unspecified atom stereocenters. The van der Waals surface area contributed by atoms with Crippen LogP contribution in [-0.2, 0) is 9.59 Å². The van der Waals surface area contributed by atoms with Crippen LogP contribution in [0.3, 0.4) is 0 Å². The highest BCUT2D eigenvalue weighted by atomic mass is 32.2. The van der Waals surface area contributed by atoms with Gasteiger partial charge in [-0.25, -0.2) is 4.79 Å². The van der Waals surface area contributed by atoms with Gasteiger partial charge in [-0.2, -0.15) is 0 Å². The molecule has 1 aliphatic heterocycles. The van der Waals surface area contributed by atoms with Crippen LogP contribution in [0.25, 0.3) is 6.08 Å². The number of rotatable bonds is 8. The number of nitrogens with zero attached hydrogens (tertiary/aromatic N) is 1. The minimum atomic E-state index is -1.06. The van der Waals surface area contributed by atoms with Gasteiger partial charge in [0.2, 0.25) is 0 Å². The summed E-state index contributed by atoms with van der Waals surface area (Å²) in [7, 11) is 1.50. The molecule has 1 saturated carbocycles. The lowest BCUT2D eigenvalue weighted by Crippen LogP contribution is -2.48. The van der Waals surface area contributed by atoms with Crippen molar-refractivity contribution in [3.63, 3.8) is 0 Å². The van der Waals surface area contributed by atoms with Gasteiger partial charge in [0.15, 0.2) is 23.6 Å². The molecule has 2 N–H and O–H groups in total. The van der Waals surface area contributed by atoms with Crippen LogP contribution in [0.4, 0.5) is 5.69 Å². The molecular formula is C26H30N2O5S. The molecule has 34 heavy (non-hydrogen) atoms. The molecule has 2 aromatic rings. The van der Waals surface area contributed by atoms with Crippen LogP contribution >= 0.6 is 11.8 Å². The summed E-state index contributed by atoms with van der Waals surface area (Å²) < 4.78 is 10.7. The van der Waals surface area contributed by atoms with Crippen LogP contribution in [0.5, 0.6) is 11.5 Å².